The van der Waals surface area contributed by atoms with Crippen molar-refractivity contribution in [3.8, 4) is 5.75 Å². The third-order valence-electron chi connectivity index (χ3n) is 4.47. The zero-order chi connectivity index (χ0) is 15.9. The van der Waals surface area contributed by atoms with E-state index in [4.69, 9.17) is 4.74 Å². The summed E-state index contributed by atoms with van der Waals surface area (Å²) in [7, 11) is 0. The lowest BCUT2D eigenvalue weighted by atomic mass is 9.82. The molecular weight excluding hydrogens is 286 g/mol. The molecule has 0 aliphatic heterocycles. The molecule has 1 N–H and O–H groups in total. The standard InChI is InChI=1S/C18H26F2O2/c1-2-3-4-5-12-22-16-11-10-15(17(19)18(16)20)13-6-8-14(21)9-7-13/h10-11,13-14,21H,2-9,12H2,1H3. The summed E-state index contributed by atoms with van der Waals surface area (Å²) in [6.45, 7) is 2.55. The fourth-order valence-electron chi connectivity index (χ4n) is 3.07. The Morgan fingerprint density at radius 2 is 1.77 bits per heavy atom. The van der Waals surface area contributed by atoms with E-state index in [2.05, 4.69) is 6.92 Å². The average Bonchev–Trinajstić information content (AvgIpc) is 2.52. The van der Waals surface area contributed by atoms with E-state index in [-0.39, 0.29) is 17.8 Å². The van der Waals surface area contributed by atoms with Crippen LogP contribution in [0.15, 0.2) is 12.1 Å². The molecule has 0 spiro atoms. The first kappa shape index (κ1) is 17.2. The van der Waals surface area contributed by atoms with Gasteiger partial charge in [0.05, 0.1) is 12.7 Å². The topological polar surface area (TPSA) is 29.5 Å². The van der Waals surface area contributed by atoms with Gasteiger partial charge in [0.15, 0.2) is 11.6 Å². The van der Waals surface area contributed by atoms with Gasteiger partial charge in [0, 0.05) is 0 Å². The Morgan fingerprint density at radius 3 is 2.45 bits per heavy atom. The van der Waals surface area contributed by atoms with Crippen LogP contribution in [0.2, 0.25) is 0 Å². The van der Waals surface area contributed by atoms with Crippen molar-refractivity contribution < 1.29 is 18.6 Å². The molecule has 0 aromatic heterocycles. The maximum absolute atomic E-state index is 14.3. The number of hydrogen-bond donors (Lipinski definition) is 1. The van der Waals surface area contributed by atoms with Gasteiger partial charge in [-0.25, -0.2) is 4.39 Å². The Hall–Kier alpha value is -1.16. The van der Waals surface area contributed by atoms with Gasteiger partial charge in [-0.3, -0.25) is 0 Å². The van der Waals surface area contributed by atoms with Crippen molar-refractivity contribution in [3.63, 3.8) is 0 Å². The van der Waals surface area contributed by atoms with Crippen LogP contribution in [-0.4, -0.2) is 17.8 Å². The van der Waals surface area contributed by atoms with Crippen LogP contribution in [0.25, 0.3) is 0 Å². The van der Waals surface area contributed by atoms with Crippen molar-refractivity contribution in [1.82, 2.24) is 0 Å². The number of aliphatic hydroxyl groups excluding tert-OH is 1. The smallest absolute Gasteiger partial charge is 0.200 e. The van der Waals surface area contributed by atoms with Crippen LogP contribution >= 0.6 is 0 Å². The Kier molecular flexibility index (Phi) is 6.62. The van der Waals surface area contributed by atoms with Gasteiger partial charge in [0.25, 0.3) is 0 Å². The van der Waals surface area contributed by atoms with E-state index in [1.807, 2.05) is 0 Å². The summed E-state index contributed by atoms with van der Waals surface area (Å²) in [6.07, 6.45) is 6.59. The number of unbranched alkanes of at least 4 members (excludes halogenated alkanes) is 3. The van der Waals surface area contributed by atoms with Gasteiger partial charge < -0.3 is 9.84 Å². The summed E-state index contributed by atoms with van der Waals surface area (Å²) in [5, 5.41) is 9.51. The van der Waals surface area contributed by atoms with E-state index in [0.717, 1.165) is 25.7 Å². The molecular formula is C18H26F2O2. The van der Waals surface area contributed by atoms with Gasteiger partial charge in [-0.1, -0.05) is 32.3 Å². The number of rotatable bonds is 7. The zero-order valence-electron chi connectivity index (χ0n) is 13.3. The molecule has 124 valence electrons. The Morgan fingerprint density at radius 1 is 1.05 bits per heavy atom. The lowest BCUT2D eigenvalue weighted by molar-refractivity contribution is 0.122. The molecule has 0 radical (unpaired) electrons. The lowest BCUT2D eigenvalue weighted by Crippen LogP contribution is -2.18. The average molecular weight is 312 g/mol. The van der Waals surface area contributed by atoms with Gasteiger partial charge >= 0.3 is 0 Å². The van der Waals surface area contributed by atoms with Crippen molar-refractivity contribution in [3.05, 3.63) is 29.3 Å². The molecule has 1 aromatic carbocycles. The molecule has 1 aliphatic carbocycles. The summed E-state index contributed by atoms with van der Waals surface area (Å²) in [5.41, 5.74) is 0.419. The van der Waals surface area contributed by atoms with E-state index in [9.17, 15) is 13.9 Å². The molecule has 0 heterocycles. The van der Waals surface area contributed by atoms with Crippen molar-refractivity contribution in [2.45, 2.75) is 70.3 Å². The molecule has 0 amide bonds. The molecule has 4 heteroatoms. The second kappa shape index (κ2) is 8.47. The Labute approximate surface area is 131 Å². The zero-order valence-corrected chi connectivity index (χ0v) is 13.3. The van der Waals surface area contributed by atoms with Crippen LogP contribution in [-0.2, 0) is 0 Å². The predicted molar refractivity (Wildman–Crippen MR) is 83.2 cm³/mol. The molecule has 0 bridgehead atoms. The minimum atomic E-state index is -0.876. The van der Waals surface area contributed by atoms with E-state index in [1.54, 1.807) is 12.1 Å². The van der Waals surface area contributed by atoms with Gasteiger partial charge in [-0.05, 0) is 49.7 Å². The van der Waals surface area contributed by atoms with Crippen molar-refractivity contribution in [1.29, 1.82) is 0 Å². The molecule has 2 rings (SSSR count). The first-order valence-corrected chi connectivity index (χ1v) is 8.42. The van der Waals surface area contributed by atoms with Crippen LogP contribution in [0, 0.1) is 11.6 Å². The number of ether oxygens (including phenoxy) is 1. The van der Waals surface area contributed by atoms with E-state index in [1.165, 1.54) is 0 Å². The molecule has 1 fully saturated rings. The fourth-order valence-corrected chi connectivity index (χ4v) is 3.07. The van der Waals surface area contributed by atoms with E-state index >= 15 is 0 Å². The van der Waals surface area contributed by atoms with Crippen molar-refractivity contribution in [2.75, 3.05) is 6.61 Å². The minimum absolute atomic E-state index is 0.00324. The van der Waals surface area contributed by atoms with Crippen molar-refractivity contribution in [2.24, 2.45) is 0 Å². The molecule has 1 saturated carbocycles. The Bertz CT molecular complexity index is 468. The number of halogens is 2. The highest BCUT2D eigenvalue weighted by Crippen LogP contribution is 2.36. The molecule has 2 nitrogen and oxygen atoms in total. The largest absolute Gasteiger partial charge is 0.490 e. The normalized spacial score (nSPS) is 21.8. The summed E-state index contributed by atoms with van der Waals surface area (Å²) >= 11 is 0. The SMILES string of the molecule is CCCCCCOc1ccc(C2CCC(O)CC2)c(F)c1F. The Balaban J connectivity index is 1.96. The van der Waals surface area contributed by atoms with Crippen LogP contribution in [0.5, 0.6) is 5.75 Å². The van der Waals surface area contributed by atoms with Gasteiger partial charge in [-0.2, -0.15) is 4.39 Å². The highest BCUT2D eigenvalue weighted by atomic mass is 19.2. The number of benzene rings is 1. The van der Waals surface area contributed by atoms with Crippen LogP contribution in [0.3, 0.4) is 0 Å². The van der Waals surface area contributed by atoms with Gasteiger partial charge in [0.2, 0.25) is 5.82 Å². The summed E-state index contributed by atoms with van der Waals surface area (Å²) in [5.74, 6) is -1.66. The summed E-state index contributed by atoms with van der Waals surface area (Å²) < 4.78 is 33.7. The highest BCUT2D eigenvalue weighted by molar-refractivity contribution is 5.33. The van der Waals surface area contributed by atoms with Crippen LogP contribution < -0.4 is 4.74 Å². The second-order valence-electron chi connectivity index (χ2n) is 6.20. The third-order valence-corrected chi connectivity index (χ3v) is 4.47. The van der Waals surface area contributed by atoms with E-state index in [0.29, 0.717) is 37.9 Å². The second-order valence-corrected chi connectivity index (χ2v) is 6.20. The van der Waals surface area contributed by atoms with E-state index < -0.39 is 11.6 Å². The molecule has 0 saturated heterocycles. The van der Waals surface area contributed by atoms with Crippen LogP contribution in [0.1, 0.15) is 69.8 Å². The number of hydrogen-bond acceptors (Lipinski definition) is 2. The minimum Gasteiger partial charge on any atom is -0.490 e. The monoisotopic (exact) mass is 312 g/mol. The summed E-state index contributed by atoms with van der Waals surface area (Å²) in [4.78, 5) is 0. The fraction of sp³-hybridized carbons (Fsp3) is 0.667. The molecule has 0 atom stereocenters. The van der Waals surface area contributed by atoms with Gasteiger partial charge in [-0.15, -0.1) is 0 Å². The quantitative estimate of drug-likeness (QED) is 0.722. The number of aliphatic hydroxyl groups is 1. The maximum Gasteiger partial charge on any atom is 0.200 e. The molecule has 22 heavy (non-hydrogen) atoms. The highest BCUT2D eigenvalue weighted by Gasteiger charge is 2.25. The molecule has 1 aliphatic rings. The summed E-state index contributed by atoms with van der Waals surface area (Å²) in [6, 6.07) is 3.18. The predicted octanol–water partition coefficient (Wildman–Crippen LogP) is 4.94. The molecule has 1 aromatic rings. The third kappa shape index (κ3) is 4.42. The molecule has 0 unspecified atom stereocenters. The van der Waals surface area contributed by atoms with Crippen LogP contribution in [0.4, 0.5) is 8.78 Å². The van der Waals surface area contributed by atoms with Gasteiger partial charge in [0.1, 0.15) is 0 Å². The maximum atomic E-state index is 14.3. The first-order chi connectivity index (χ1) is 10.6. The first-order valence-electron chi connectivity index (χ1n) is 8.42. The lowest BCUT2D eigenvalue weighted by Gasteiger charge is -2.26. The van der Waals surface area contributed by atoms with Crippen molar-refractivity contribution >= 4 is 0 Å².